The van der Waals surface area contributed by atoms with Crippen molar-refractivity contribution in [1.29, 1.82) is 0 Å². The first-order valence-corrected chi connectivity index (χ1v) is 11.7. The number of anilines is 1. The molecule has 0 aliphatic carbocycles. The lowest BCUT2D eigenvalue weighted by atomic mass is 10.1. The average Bonchev–Trinajstić information content (AvgIpc) is 3.19. The predicted octanol–water partition coefficient (Wildman–Crippen LogP) is 3.12. The lowest BCUT2D eigenvalue weighted by Gasteiger charge is -2.28. The summed E-state index contributed by atoms with van der Waals surface area (Å²) in [5.41, 5.74) is 3.00. The Kier molecular flexibility index (Phi) is 9.09. The third-order valence-corrected chi connectivity index (χ3v) is 5.94. The monoisotopic (exact) mass is 429 g/mol. The zero-order valence-electron chi connectivity index (χ0n) is 17.6. The van der Waals surface area contributed by atoms with Crippen LogP contribution in [-0.2, 0) is 11.3 Å². The van der Waals surface area contributed by atoms with Crippen LogP contribution in [0.1, 0.15) is 18.9 Å². The number of aliphatic hydroxyl groups is 1. The first kappa shape index (κ1) is 22.7. The topological polar surface area (TPSA) is 62.0 Å². The normalized spacial score (nSPS) is 15.3. The van der Waals surface area contributed by atoms with Crippen molar-refractivity contribution in [2.24, 2.45) is 0 Å². The van der Waals surface area contributed by atoms with Crippen molar-refractivity contribution in [3.63, 3.8) is 0 Å². The molecule has 2 heterocycles. The van der Waals surface area contributed by atoms with E-state index in [1.807, 2.05) is 30.0 Å². The van der Waals surface area contributed by atoms with Crippen molar-refractivity contribution >= 4 is 17.6 Å². The first-order valence-electron chi connectivity index (χ1n) is 10.5. The van der Waals surface area contributed by atoms with Crippen LogP contribution < -0.4 is 4.90 Å². The molecule has 2 aromatic rings. The van der Waals surface area contributed by atoms with E-state index in [1.54, 1.807) is 0 Å². The van der Waals surface area contributed by atoms with E-state index in [-0.39, 0.29) is 13.2 Å². The van der Waals surface area contributed by atoms with Gasteiger partial charge in [-0.1, -0.05) is 48.3 Å². The maximum absolute atomic E-state index is 10.4. The Bertz CT molecular complexity index is 800. The Balaban J connectivity index is 1.83. The summed E-state index contributed by atoms with van der Waals surface area (Å²) in [5.74, 6) is 5.46. The molecule has 3 rings (SSSR count). The zero-order valence-corrected chi connectivity index (χ0v) is 18.4. The number of terminal acetylenes is 1. The lowest BCUT2D eigenvalue weighted by Crippen LogP contribution is -2.36. The molecule has 1 atom stereocenters. The Morgan fingerprint density at radius 2 is 2.10 bits per heavy atom. The summed E-state index contributed by atoms with van der Waals surface area (Å²) < 4.78 is 11.2. The summed E-state index contributed by atoms with van der Waals surface area (Å²) in [6.07, 6.45) is 5.61. The van der Waals surface area contributed by atoms with Gasteiger partial charge < -0.3 is 19.3 Å². The fourth-order valence-corrected chi connectivity index (χ4v) is 4.56. The SMILES string of the molecule is C#CCOCC(O)CN(CCC)Cc1c(-c2ccccc2)noc1N1CCSCC1. The summed E-state index contributed by atoms with van der Waals surface area (Å²) in [7, 11) is 0. The molecule has 0 bridgehead atoms. The lowest BCUT2D eigenvalue weighted by molar-refractivity contribution is 0.0261. The molecule has 1 aliphatic heterocycles. The highest BCUT2D eigenvalue weighted by Gasteiger charge is 2.26. The van der Waals surface area contributed by atoms with Gasteiger partial charge in [0.1, 0.15) is 12.3 Å². The molecule has 0 amide bonds. The predicted molar refractivity (Wildman–Crippen MR) is 123 cm³/mol. The van der Waals surface area contributed by atoms with Gasteiger partial charge in [-0.2, -0.15) is 11.8 Å². The molecule has 1 fully saturated rings. The van der Waals surface area contributed by atoms with Crippen LogP contribution in [0.15, 0.2) is 34.9 Å². The van der Waals surface area contributed by atoms with Crippen molar-refractivity contribution in [3.05, 3.63) is 35.9 Å². The molecular formula is C23H31N3O3S. The van der Waals surface area contributed by atoms with Gasteiger partial charge in [0.25, 0.3) is 0 Å². The largest absolute Gasteiger partial charge is 0.389 e. The minimum Gasteiger partial charge on any atom is -0.389 e. The maximum Gasteiger partial charge on any atom is 0.232 e. The van der Waals surface area contributed by atoms with Gasteiger partial charge in [-0.15, -0.1) is 6.42 Å². The van der Waals surface area contributed by atoms with Gasteiger partial charge in [-0.25, -0.2) is 0 Å². The molecule has 7 heteroatoms. The van der Waals surface area contributed by atoms with E-state index in [1.165, 1.54) is 0 Å². The van der Waals surface area contributed by atoms with Gasteiger partial charge >= 0.3 is 0 Å². The molecule has 6 nitrogen and oxygen atoms in total. The molecule has 0 radical (unpaired) electrons. The second-order valence-electron chi connectivity index (χ2n) is 7.39. The second kappa shape index (κ2) is 12.0. The van der Waals surface area contributed by atoms with Gasteiger partial charge in [0.2, 0.25) is 5.88 Å². The number of nitrogens with zero attached hydrogens (tertiary/aromatic N) is 3. The number of benzene rings is 1. The van der Waals surface area contributed by atoms with Crippen molar-refractivity contribution in [2.45, 2.75) is 26.0 Å². The number of thioether (sulfide) groups is 1. The summed E-state index contributed by atoms with van der Waals surface area (Å²) >= 11 is 1.97. The van der Waals surface area contributed by atoms with Gasteiger partial charge in [-0.3, -0.25) is 4.90 Å². The summed E-state index contributed by atoms with van der Waals surface area (Å²) in [6.45, 7) is 6.53. The van der Waals surface area contributed by atoms with Crippen molar-refractivity contribution in [2.75, 3.05) is 55.8 Å². The van der Waals surface area contributed by atoms with Crippen LogP contribution in [0, 0.1) is 12.3 Å². The molecule has 0 spiro atoms. The minimum absolute atomic E-state index is 0.214. The number of aliphatic hydroxyl groups excluding tert-OH is 1. The van der Waals surface area contributed by atoms with Gasteiger partial charge in [0.15, 0.2) is 0 Å². The van der Waals surface area contributed by atoms with Crippen LogP contribution in [0.5, 0.6) is 0 Å². The number of hydrogen-bond donors (Lipinski definition) is 1. The standard InChI is InChI=1S/C23H31N3O3S/c1-3-10-25(16-20(27)18-28-13-4-2)17-21-22(19-8-6-5-7-9-19)24-29-23(21)26-11-14-30-15-12-26/h2,5-9,20,27H,3,10-18H2,1H3. The number of ether oxygens (including phenoxy) is 1. The molecule has 1 aromatic heterocycles. The molecular weight excluding hydrogens is 398 g/mol. The molecule has 1 saturated heterocycles. The Labute approximate surface area is 183 Å². The fraction of sp³-hybridized carbons (Fsp3) is 0.522. The molecule has 1 unspecified atom stereocenters. The molecule has 1 aliphatic rings. The van der Waals surface area contributed by atoms with Crippen molar-refractivity contribution < 1.29 is 14.4 Å². The quantitative estimate of drug-likeness (QED) is 0.435. The van der Waals surface area contributed by atoms with E-state index in [2.05, 4.69) is 39.9 Å². The molecule has 1 N–H and O–H groups in total. The van der Waals surface area contributed by atoms with E-state index in [0.717, 1.165) is 60.3 Å². The Hall–Kier alpha value is -1.98. The van der Waals surface area contributed by atoms with Crippen LogP contribution in [0.25, 0.3) is 11.3 Å². The van der Waals surface area contributed by atoms with Crippen LogP contribution in [0.3, 0.4) is 0 Å². The van der Waals surface area contributed by atoms with Crippen molar-refractivity contribution in [1.82, 2.24) is 10.1 Å². The minimum atomic E-state index is -0.597. The van der Waals surface area contributed by atoms with Crippen LogP contribution in [0.2, 0.25) is 0 Å². The number of aromatic nitrogens is 1. The highest BCUT2D eigenvalue weighted by molar-refractivity contribution is 7.99. The van der Waals surface area contributed by atoms with E-state index in [4.69, 9.17) is 15.7 Å². The summed E-state index contributed by atoms with van der Waals surface area (Å²) in [4.78, 5) is 4.53. The molecule has 0 saturated carbocycles. The number of hydrogen-bond acceptors (Lipinski definition) is 7. The highest BCUT2D eigenvalue weighted by Crippen LogP contribution is 2.33. The highest BCUT2D eigenvalue weighted by atomic mass is 32.2. The maximum atomic E-state index is 10.4. The average molecular weight is 430 g/mol. The first-order chi connectivity index (χ1) is 14.7. The van der Waals surface area contributed by atoms with E-state index in [9.17, 15) is 5.11 Å². The van der Waals surface area contributed by atoms with E-state index in [0.29, 0.717) is 13.1 Å². The third kappa shape index (κ3) is 6.26. The number of rotatable bonds is 11. The van der Waals surface area contributed by atoms with Crippen LogP contribution in [0.4, 0.5) is 5.88 Å². The fourth-order valence-electron chi connectivity index (χ4n) is 3.66. The smallest absolute Gasteiger partial charge is 0.232 e. The Morgan fingerprint density at radius 3 is 2.80 bits per heavy atom. The second-order valence-corrected chi connectivity index (χ2v) is 8.61. The van der Waals surface area contributed by atoms with Crippen molar-refractivity contribution in [3.8, 4) is 23.6 Å². The third-order valence-electron chi connectivity index (χ3n) is 5.00. The van der Waals surface area contributed by atoms with Crippen LogP contribution in [-0.4, -0.2) is 72.2 Å². The molecule has 1 aromatic carbocycles. The molecule has 162 valence electrons. The molecule has 30 heavy (non-hydrogen) atoms. The summed E-state index contributed by atoms with van der Waals surface area (Å²) in [6, 6.07) is 10.2. The van der Waals surface area contributed by atoms with Crippen LogP contribution >= 0.6 is 11.8 Å². The van der Waals surface area contributed by atoms with Gasteiger partial charge in [0.05, 0.1) is 18.3 Å². The zero-order chi connectivity index (χ0) is 21.2. The van der Waals surface area contributed by atoms with Gasteiger partial charge in [0, 0.05) is 43.2 Å². The van der Waals surface area contributed by atoms with E-state index < -0.39 is 6.10 Å². The van der Waals surface area contributed by atoms with Gasteiger partial charge in [-0.05, 0) is 13.0 Å². The summed E-state index contributed by atoms with van der Waals surface area (Å²) in [5, 5.41) is 14.9. The Morgan fingerprint density at radius 1 is 1.33 bits per heavy atom. The van der Waals surface area contributed by atoms with E-state index >= 15 is 0 Å².